The van der Waals surface area contributed by atoms with Gasteiger partial charge < -0.3 is 15.8 Å². The number of nitrogens with two attached hydrogens (primary N) is 1. The van der Waals surface area contributed by atoms with Crippen LogP contribution < -0.4 is 15.8 Å². The summed E-state index contributed by atoms with van der Waals surface area (Å²) in [6.07, 6.45) is 0. The molecular formula is C12H16F2N2O2. The third-order valence-corrected chi connectivity index (χ3v) is 2.37. The molecule has 1 aromatic rings. The van der Waals surface area contributed by atoms with Gasteiger partial charge in [-0.1, -0.05) is 18.2 Å². The van der Waals surface area contributed by atoms with Crippen molar-refractivity contribution in [2.24, 2.45) is 5.73 Å². The second-order valence-corrected chi connectivity index (χ2v) is 3.94. The lowest BCUT2D eigenvalue weighted by Gasteiger charge is -2.19. The van der Waals surface area contributed by atoms with E-state index in [0.29, 0.717) is 5.56 Å². The van der Waals surface area contributed by atoms with Crippen molar-refractivity contribution in [3.8, 4) is 5.75 Å². The minimum absolute atomic E-state index is 0.0463. The molecule has 4 nitrogen and oxygen atoms in total. The molecule has 0 radical (unpaired) electrons. The van der Waals surface area contributed by atoms with Crippen LogP contribution in [0.3, 0.4) is 0 Å². The quantitative estimate of drug-likeness (QED) is 0.846. The van der Waals surface area contributed by atoms with Crippen LogP contribution in [0.2, 0.25) is 0 Å². The van der Waals surface area contributed by atoms with Gasteiger partial charge in [-0.15, -0.1) is 0 Å². The van der Waals surface area contributed by atoms with E-state index in [4.69, 9.17) is 5.73 Å². The highest BCUT2D eigenvalue weighted by molar-refractivity contribution is 5.81. The Bertz CT molecular complexity index is 411. The van der Waals surface area contributed by atoms with E-state index in [2.05, 4.69) is 10.1 Å². The van der Waals surface area contributed by atoms with Crippen molar-refractivity contribution >= 4 is 5.91 Å². The average Bonchev–Trinajstić information content (AvgIpc) is 2.28. The standard InChI is InChI=1S/C12H16F2N2O2/c1-7(15)11(17)16-8(2)9-5-3-4-6-10(9)18-12(13)14/h3-8,12H,15H2,1-2H3,(H,16,17). The highest BCUT2D eigenvalue weighted by Crippen LogP contribution is 2.26. The first kappa shape index (κ1) is 14.4. The van der Waals surface area contributed by atoms with E-state index >= 15 is 0 Å². The minimum Gasteiger partial charge on any atom is -0.434 e. The Labute approximate surface area is 104 Å². The third-order valence-electron chi connectivity index (χ3n) is 2.37. The number of rotatable bonds is 5. The van der Waals surface area contributed by atoms with Gasteiger partial charge in [0.05, 0.1) is 12.1 Å². The monoisotopic (exact) mass is 258 g/mol. The topological polar surface area (TPSA) is 64.4 Å². The van der Waals surface area contributed by atoms with Gasteiger partial charge in [0.15, 0.2) is 0 Å². The normalized spacial score (nSPS) is 14.1. The number of alkyl halides is 2. The Morgan fingerprint density at radius 3 is 2.50 bits per heavy atom. The largest absolute Gasteiger partial charge is 0.434 e. The molecule has 1 aromatic carbocycles. The van der Waals surface area contributed by atoms with Crippen LogP contribution in [-0.2, 0) is 4.79 Å². The summed E-state index contributed by atoms with van der Waals surface area (Å²) < 4.78 is 28.8. The van der Waals surface area contributed by atoms with Gasteiger partial charge in [0.1, 0.15) is 5.75 Å². The maximum Gasteiger partial charge on any atom is 0.387 e. The summed E-state index contributed by atoms with van der Waals surface area (Å²) in [7, 11) is 0. The predicted molar refractivity (Wildman–Crippen MR) is 63.3 cm³/mol. The van der Waals surface area contributed by atoms with Gasteiger partial charge in [-0.05, 0) is 19.9 Å². The molecule has 1 amide bonds. The lowest BCUT2D eigenvalue weighted by atomic mass is 10.1. The van der Waals surface area contributed by atoms with Crippen molar-refractivity contribution in [1.29, 1.82) is 0 Å². The maximum atomic E-state index is 12.2. The lowest BCUT2D eigenvalue weighted by Crippen LogP contribution is -2.39. The summed E-state index contributed by atoms with van der Waals surface area (Å²) in [4.78, 5) is 11.4. The molecule has 0 heterocycles. The van der Waals surface area contributed by atoms with Crippen LogP contribution >= 0.6 is 0 Å². The molecule has 0 bridgehead atoms. The number of hydrogen-bond donors (Lipinski definition) is 2. The van der Waals surface area contributed by atoms with Gasteiger partial charge in [-0.2, -0.15) is 8.78 Å². The second-order valence-electron chi connectivity index (χ2n) is 3.94. The predicted octanol–water partition coefficient (Wildman–Crippen LogP) is 1.81. The fourth-order valence-corrected chi connectivity index (χ4v) is 1.46. The summed E-state index contributed by atoms with van der Waals surface area (Å²) in [5.74, 6) is -0.306. The Balaban J connectivity index is 2.84. The molecule has 2 unspecified atom stereocenters. The van der Waals surface area contributed by atoms with E-state index in [1.807, 2.05) is 0 Å². The van der Waals surface area contributed by atoms with E-state index in [1.165, 1.54) is 6.07 Å². The average molecular weight is 258 g/mol. The summed E-state index contributed by atoms with van der Waals surface area (Å²) in [6, 6.07) is 5.19. The highest BCUT2D eigenvalue weighted by atomic mass is 19.3. The van der Waals surface area contributed by atoms with Crippen LogP contribution in [0.25, 0.3) is 0 Å². The van der Waals surface area contributed by atoms with E-state index in [-0.39, 0.29) is 11.7 Å². The fourth-order valence-electron chi connectivity index (χ4n) is 1.46. The van der Waals surface area contributed by atoms with Crippen molar-refractivity contribution in [2.75, 3.05) is 0 Å². The molecule has 0 fully saturated rings. The number of nitrogens with one attached hydrogen (secondary N) is 1. The van der Waals surface area contributed by atoms with Gasteiger partial charge in [0.25, 0.3) is 0 Å². The lowest BCUT2D eigenvalue weighted by molar-refractivity contribution is -0.122. The first-order valence-electron chi connectivity index (χ1n) is 5.51. The van der Waals surface area contributed by atoms with Gasteiger partial charge in [-0.3, -0.25) is 4.79 Å². The number of para-hydroxylation sites is 1. The van der Waals surface area contributed by atoms with E-state index in [1.54, 1.807) is 32.0 Å². The summed E-state index contributed by atoms with van der Waals surface area (Å²) in [5.41, 5.74) is 5.90. The molecule has 100 valence electrons. The molecular weight excluding hydrogens is 242 g/mol. The molecule has 1 rings (SSSR count). The second kappa shape index (κ2) is 6.30. The molecule has 18 heavy (non-hydrogen) atoms. The first-order chi connectivity index (χ1) is 8.41. The van der Waals surface area contributed by atoms with Crippen molar-refractivity contribution < 1.29 is 18.3 Å². The van der Waals surface area contributed by atoms with Crippen LogP contribution in [0.5, 0.6) is 5.75 Å². The van der Waals surface area contributed by atoms with Gasteiger partial charge in [-0.25, -0.2) is 0 Å². The molecule has 0 saturated carbocycles. The number of amides is 1. The van der Waals surface area contributed by atoms with Crippen molar-refractivity contribution in [2.45, 2.75) is 32.5 Å². The molecule has 3 N–H and O–H groups in total. The van der Waals surface area contributed by atoms with Crippen LogP contribution in [-0.4, -0.2) is 18.6 Å². The Morgan fingerprint density at radius 1 is 1.33 bits per heavy atom. The Hall–Kier alpha value is -1.69. The zero-order chi connectivity index (χ0) is 13.7. The number of hydrogen-bond acceptors (Lipinski definition) is 3. The number of ether oxygens (including phenoxy) is 1. The molecule has 6 heteroatoms. The van der Waals surface area contributed by atoms with Gasteiger partial charge in [0.2, 0.25) is 5.91 Å². The SMILES string of the molecule is CC(N)C(=O)NC(C)c1ccccc1OC(F)F. The fraction of sp³-hybridized carbons (Fsp3) is 0.417. The molecule has 0 spiro atoms. The van der Waals surface area contributed by atoms with Crippen LogP contribution in [0.4, 0.5) is 8.78 Å². The highest BCUT2D eigenvalue weighted by Gasteiger charge is 2.17. The first-order valence-corrected chi connectivity index (χ1v) is 5.51. The summed E-state index contributed by atoms with van der Waals surface area (Å²) in [5, 5.41) is 2.62. The number of halogens is 2. The molecule has 0 aliphatic rings. The van der Waals surface area contributed by atoms with Crippen LogP contribution in [0.1, 0.15) is 25.5 Å². The number of carbonyl (C=O) groups excluding carboxylic acids is 1. The summed E-state index contributed by atoms with van der Waals surface area (Å²) >= 11 is 0. The van der Waals surface area contributed by atoms with E-state index in [0.717, 1.165) is 0 Å². The van der Waals surface area contributed by atoms with Crippen molar-refractivity contribution in [3.63, 3.8) is 0 Å². The summed E-state index contributed by atoms with van der Waals surface area (Å²) in [6.45, 7) is 0.319. The van der Waals surface area contributed by atoms with Crippen molar-refractivity contribution in [3.05, 3.63) is 29.8 Å². The zero-order valence-corrected chi connectivity index (χ0v) is 10.2. The third kappa shape index (κ3) is 3.96. The van der Waals surface area contributed by atoms with Crippen molar-refractivity contribution in [1.82, 2.24) is 5.32 Å². The number of carbonyl (C=O) groups is 1. The van der Waals surface area contributed by atoms with Crippen LogP contribution in [0, 0.1) is 0 Å². The maximum absolute atomic E-state index is 12.2. The molecule has 0 aliphatic carbocycles. The van der Waals surface area contributed by atoms with E-state index in [9.17, 15) is 13.6 Å². The Kier molecular flexibility index (Phi) is 5.03. The minimum atomic E-state index is -2.90. The zero-order valence-electron chi connectivity index (χ0n) is 10.2. The molecule has 2 atom stereocenters. The smallest absolute Gasteiger partial charge is 0.387 e. The Morgan fingerprint density at radius 2 is 1.94 bits per heavy atom. The van der Waals surface area contributed by atoms with E-state index < -0.39 is 18.7 Å². The number of benzene rings is 1. The van der Waals surface area contributed by atoms with Crippen LogP contribution in [0.15, 0.2) is 24.3 Å². The van der Waals surface area contributed by atoms with Gasteiger partial charge in [0, 0.05) is 5.56 Å². The molecule has 0 aromatic heterocycles. The molecule has 0 aliphatic heterocycles. The molecule has 0 saturated heterocycles. The van der Waals surface area contributed by atoms with Gasteiger partial charge >= 0.3 is 6.61 Å².